The molecule has 1 aliphatic carbocycles. The number of nitrogens with zero attached hydrogens (tertiary/aromatic N) is 2. The Morgan fingerprint density at radius 2 is 2.04 bits per heavy atom. The predicted molar refractivity (Wildman–Crippen MR) is 99.5 cm³/mol. The Morgan fingerprint density at radius 1 is 1.12 bits per heavy atom. The van der Waals surface area contributed by atoms with Gasteiger partial charge >= 0.3 is 0 Å². The van der Waals surface area contributed by atoms with E-state index in [-0.39, 0.29) is 0 Å². The fourth-order valence-corrected chi connectivity index (χ4v) is 3.79. The quantitative estimate of drug-likeness (QED) is 0.682. The molecule has 3 N–H and O–H groups in total. The largest absolute Gasteiger partial charge is 0.381 e. The van der Waals surface area contributed by atoms with E-state index in [0.29, 0.717) is 0 Å². The number of hydrogen-bond acceptors (Lipinski definition) is 4. The van der Waals surface area contributed by atoms with Gasteiger partial charge in [0.05, 0.1) is 24.6 Å². The maximum atomic E-state index is 5.36. The Balaban J connectivity index is 0.000000126. The Morgan fingerprint density at radius 3 is 2.88 bits per heavy atom. The Labute approximate surface area is 147 Å². The topological polar surface area (TPSA) is 78.6 Å². The second kappa shape index (κ2) is 7.97. The van der Waals surface area contributed by atoms with E-state index < -0.39 is 0 Å². The third-order valence-corrected chi connectivity index (χ3v) is 5.30. The minimum Gasteiger partial charge on any atom is -0.381 e. The summed E-state index contributed by atoms with van der Waals surface area (Å²) in [6.07, 6.45) is 13.7. The van der Waals surface area contributed by atoms with Crippen LogP contribution in [0.4, 0.5) is 0 Å². The summed E-state index contributed by atoms with van der Waals surface area (Å²) in [6, 6.07) is 2.79. The van der Waals surface area contributed by atoms with Crippen LogP contribution in [0.2, 0.25) is 0 Å². The molecule has 1 aliphatic heterocycles. The van der Waals surface area contributed by atoms with Crippen molar-refractivity contribution in [3.63, 3.8) is 0 Å². The number of aromatic nitrogens is 4. The minimum atomic E-state index is 0.793. The lowest BCUT2D eigenvalue weighted by Gasteiger charge is -2.24. The van der Waals surface area contributed by atoms with E-state index in [0.717, 1.165) is 47.2 Å². The van der Waals surface area contributed by atoms with Gasteiger partial charge in [0.25, 0.3) is 0 Å². The van der Waals surface area contributed by atoms with Crippen molar-refractivity contribution in [2.24, 2.45) is 5.92 Å². The molecular weight excluding hydrogens is 314 g/mol. The molecule has 6 heteroatoms. The third-order valence-electron chi connectivity index (χ3n) is 5.30. The maximum absolute atomic E-state index is 5.36. The van der Waals surface area contributed by atoms with Gasteiger partial charge in [-0.05, 0) is 31.2 Å². The lowest BCUT2D eigenvalue weighted by molar-refractivity contribution is 0.184. The maximum Gasteiger partial charge on any atom is 0.139 e. The van der Waals surface area contributed by atoms with Crippen LogP contribution >= 0.6 is 0 Å². The van der Waals surface area contributed by atoms with Crippen molar-refractivity contribution in [1.82, 2.24) is 25.3 Å². The number of aromatic amines is 2. The predicted octanol–water partition coefficient (Wildman–Crippen LogP) is 3.38. The van der Waals surface area contributed by atoms with E-state index in [9.17, 15) is 0 Å². The van der Waals surface area contributed by atoms with Crippen LogP contribution in [-0.4, -0.2) is 45.7 Å². The van der Waals surface area contributed by atoms with Crippen molar-refractivity contribution in [3.8, 4) is 0 Å². The highest BCUT2D eigenvalue weighted by Gasteiger charge is 2.18. The highest BCUT2D eigenvalue weighted by molar-refractivity contribution is 6.00. The molecule has 1 atom stereocenters. The fourth-order valence-electron chi connectivity index (χ4n) is 3.79. The lowest BCUT2D eigenvalue weighted by atomic mass is 9.95. The number of nitrogens with one attached hydrogen (secondary N) is 3. The molecule has 0 bridgehead atoms. The number of rotatable bonds is 3. The van der Waals surface area contributed by atoms with Gasteiger partial charge in [-0.1, -0.05) is 19.3 Å². The molecule has 0 aromatic carbocycles. The number of hydrogen-bond donors (Lipinski definition) is 3. The van der Waals surface area contributed by atoms with Gasteiger partial charge in [-0.15, -0.1) is 0 Å². The summed E-state index contributed by atoms with van der Waals surface area (Å²) >= 11 is 0. The van der Waals surface area contributed by atoms with Gasteiger partial charge in [0.1, 0.15) is 11.2 Å². The Kier molecular flexibility index (Phi) is 5.28. The van der Waals surface area contributed by atoms with Crippen molar-refractivity contribution < 1.29 is 4.74 Å². The molecule has 0 radical (unpaired) electrons. The van der Waals surface area contributed by atoms with Crippen molar-refractivity contribution >= 4 is 22.1 Å². The van der Waals surface area contributed by atoms with Gasteiger partial charge in [0, 0.05) is 30.8 Å². The summed E-state index contributed by atoms with van der Waals surface area (Å²) in [5.41, 5.74) is 2.83. The first-order valence-corrected chi connectivity index (χ1v) is 9.46. The van der Waals surface area contributed by atoms with Gasteiger partial charge in [-0.2, -0.15) is 0 Å². The number of ether oxygens (including phenoxy) is 1. The molecule has 1 saturated carbocycles. The SMILES string of the molecule is C1CCC(NCC2CCOC2)CC1.c1nc2c(cnc3[nH]ccc32)[nH]1. The summed E-state index contributed by atoms with van der Waals surface area (Å²) in [4.78, 5) is 14.5. The first-order valence-electron chi connectivity index (χ1n) is 9.46. The molecule has 4 heterocycles. The third kappa shape index (κ3) is 4.02. The summed E-state index contributed by atoms with van der Waals surface area (Å²) in [6.45, 7) is 3.15. The summed E-state index contributed by atoms with van der Waals surface area (Å²) in [7, 11) is 0. The molecule has 3 aromatic heterocycles. The molecule has 134 valence electrons. The van der Waals surface area contributed by atoms with Crippen molar-refractivity contribution in [2.75, 3.05) is 19.8 Å². The molecule has 2 fully saturated rings. The first-order chi connectivity index (χ1) is 12.4. The van der Waals surface area contributed by atoms with Gasteiger partial charge in [-0.25, -0.2) is 9.97 Å². The smallest absolute Gasteiger partial charge is 0.139 e. The van der Waals surface area contributed by atoms with Crippen LogP contribution in [0.3, 0.4) is 0 Å². The fraction of sp³-hybridized carbons (Fsp3) is 0.579. The van der Waals surface area contributed by atoms with E-state index in [4.69, 9.17) is 4.74 Å². The monoisotopic (exact) mass is 341 g/mol. The van der Waals surface area contributed by atoms with E-state index in [2.05, 4.69) is 25.3 Å². The summed E-state index contributed by atoms with van der Waals surface area (Å²) in [5.74, 6) is 0.793. The van der Waals surface area contributed by atoms with Crippen LogP contribution in [0, 0.1) is 5.92 Å². The lowest BCUT2D eigenvalue weighted by Crippen LogP contribution is -2.34. The van der Waals surface area contributed by atoms with E-state index in [1.165, 1.54) is 45.1 Å². The van der Waals surface area contributed by atoms with Crippen molar-refractivity contribution in [1.29, 1.82) is 0 Å². The van der Waals surface area contributed by atoms with Crippen LogP contribution in [0.5, 0.6) is 0 Å². The molecule has 3 aromatic rings. The molecule has 0 spiro atoms. The highest BCUT2D eigenvalue weighted by Crippen LogP contribution is 2.19. The minimum absolute atomic E-state index is 0.793. The van der Waals surface area contributed by atoms with Gasteiger partial charge in [-0.3, -0.25) is 0 Å². The van der Waals surface area contributed by atoms with Crippen LogP contribution in [0.25, 0.3) is 22.1 Å². The van der Waals surface area contributed by atoms with E-state index in [1.54, 1.807) is 12.5 Å². The summed E-state index contributed by atoms with van der Waals surface area (Å²) in [5, 5.41) is 4.75. The number of fused-ring (bicyclic) bond motifs is 3. The molecule has 0 amide bonds. The van der Waals surface area contributed by atoms with Gasteiger partial charge < -0.3 is 20.0 Å². The zero-order valence-corrected chi connectivity index (χ0v) is 14.6. The highest BCUT2D eigenvalue weighted by atomic mass is 16.5. The van der Waals surface area contributed by atoms with E-state index >= 15 is 0 Å². The zero-order chi connectivity index (χ0) is 16.9. The molecule has 1 unspecified atom stereocenters. The standard InChI is InChI=1S/C11H21NO.C8H6N4/c1-2-4-11(5-3-1)12-8-10-6-7-13-9-10;1-2-9-8-5(1)7-6(3-10-8)11-4-12-7/h10-12H,1-9H2;1-4H,(H,9,10)(H,11,12). The molecule has 2 aliphatic rings. The first kappa shape index (κ1) is 16.5. The van der Waals surface area contributed by atoms with Crippen LogP contribution in [-0.2, 0) is 4.74 Å². The van der Waals surface area contributed by atoms with Crippen LogP contribution in [0.1, 0.15) is 38.5 Å². The number of H-pyrrole nitrogens is 2. The number of pyridine rings is 1. The van der Waals surface area contributed by atoms with Crippen molar-refractivity contribution in [2.45, 2.75) is 44.6 Å². The molecule has 5 rings (SSSR count). The molecule has 25 heavy (non-hydrogen) atoms. The molecule has 6 nitrogen and oxygen atoms in total. The second-order valence-corrected chi connectivity index (χ2v) is 7.14. The van der Waals surface area contributed by atoms with Crippen LogP contribution in [0.15, 0.2) is 24.8 Å². The normalized spacial score (nSPS) is 21.5. The van der Waals surface area contributed by atoms with Crippen LogP contribution < -0.4 is 5.32 Å². The Hall–Kier alpha value is -1.92. The summed E-state index contributed by atoms with van der Waals surface area (Å²) < 4.78 is 5.36. The second-order valence-electron chi connectivity index (χ2n) is 7.14. The van der Waals surface area contributed by atoms with E-state index in [1.807, 2.05) is 12.3 Å². The van der Waals surface area contributed by atoms with Gasteiger partial charge in [0.15, 0.2) is 0 Å². The average molecular weight is 341 g/mol. The Bertz CT molecular complexity index is 734. The van der Waals surface area contributed by atoms with Gasteiger partial charge in [0.2, 0.25) is 0 Å². The average Bonchev–Trinajstić information content (AvgIpc) is 3.41. The number of imidazole rings is 1. The molecule has 1 saturated heterocycles. The van der Waals surface area contributed by atoms with Crippen molar-refractivity contribution in [3.05, 3.63) is 24.8 Å². The molecular formula is C19H27N5O. The zero-order valence-electron chi connectivity index (χ0n) is 14.6.